The van der Waals surface area contributed by atoms with E-state index in [4.69, 9.17) is 4.55 Å². The van der Waals surface area contributed by atoms with Crippen LogP contribution in [0.4, 0.5) is 5.69 Å². The highest BCUT2D eigenvalue weighted by Crippen LogP contribution is 2.18. The van der Waals surface area contributed by atoms with Crippen LogP contribution in [-0.4, -0.2) is 13.7 Å². The van der Waals surface area contributed by atoms with Crippen LogP contribution in [-0.2, 0) is 11.1 Å². The van der Waals surface area contributed by atoms with Gasteiger partial charge < -0.3 is 4.55 Å². The summed E-state index contributed by atoms with van der Waals surface area (Å²) in [5.74, 6) is 0. The molecule has 0 aliphatic carbocycles. The van der Waals surface area contributed by atoms with Crippen LogP contribution in [0.25, 0.3) is 0 Å². The molecule has 1 rings (SSSR count). The van der Waals surface area contributed by atoms with Gasteiger partial charge in [0, 0.05) is 12.1 Å². The number of hydrogen-bond acceptors (Lipinski definition) is 3. The smallest absolute Gasteiger partial charge is 0.270 e. The molecule has 13 heavy (non-hydrogen) atoms. The molecule has 0 saturated heterocycles. The second kappa shape index (κ2) is 3.63. The lowest BCUT2D eigenvalue weighted by atomic mass is 10.2. The number of non-ortho nitro benzene ring substituents is 1. The zero-order valence-electron chi connectivity index (χ0n) is 6.76. The Kier molecular flexibility index (Phi) is 2.74. The monoisotopic (exact) mass is 201 g/mol. The molecule has 0 aliphatic heterocycles. The molecule has 0 heterocycles. The molecule has 1 aromatic rings. The van der Waals surface area contributed by atoms with Gasteiger partial charge in [-0.25, -0.2) is 4.21 Å². The van der Waals surface area contributed by atoms with Gasteiger partial charge in [-0.15, -0.1) is 0 Å². The molecule has 1 unspecified atom stereocenters. The molecule has 1 atom stereocenters. The van der Waals surface area contributed by atoms with Gasteiger partial charge >= 0.3 is 0 Å². The van der Waals surface area contributed by atoms with Crippen molar-refractivity contribution in [2.75, 3.05) is 0 Å². The van der Waals surface area contributed by atoms with Gasteiger partial charge in [-0.2, -0.15) is 0 Å². The summed E-state index contributed by atoms with van der Waals surface area (Å²) in [6.45, 7) is 1.63. The summed E-state index contributed by atoms with van der Waals surface area (Å²) in [6.07, 6.45) is 0. The zero-order chi connectivity index (χ0) is 10.0. The molecule has 0 aliphatic rings. The van der Waals surface area contributed by atoms with Gasteiger partial charge in [0.2, 0.25) is 0 Å². The summed E-state index contributed by atoms with van der Waals surface area (Å²) in [5.41, 5.74) is 0.420. The summed E-state index contributed by atoms with van der Waals surface area (Å²) in [5, 5.41) is 10.4. The fourth-order valence-corrected chi connectivity index (χ4v) is 1.44. The zero-order valence-corrected chi connectivity index (χ0v) is 7.58. The highest BCUT2D eigenvalue weighted by molar-refractivity contribution is 7.79. The summed E-state index contributed by atoms with van der Waals surface area (Å²) in [6, 6.07) is 3.86. The quantitative estimate of drug-likeness (QED) is 0.446. The molecular weight excluding hydrogens is 194 g/mol. The van der Waals surface area contributed by atoms with Crippen molar-refractivity contribution in [3.05, 3.63) is 33.9 Å². The third-order valence-electron chi connectivity index (χ3n) is 1.45. The molecule has 0 saturated carbocycles. The van der Waals surface area contributed by atoms with Crippen molar-refractivity contribution in [1.82, 2.24) is 0 Å². The maximum Gasteiger partial charge on any atom is 0.270 e. The topological polar surface area (TPSA) is 80.4 Å². The third kappa shape index (κ3) is 2.33. The minimum Gasteiger partial charge on any atom is -0.302 e. The highest BCUT2D eigenvalue weighted by Gasteiger charge is 2.10. The van der Waals surface area contributed by atoms with E-state index < -0.39 is 16.0 Å². The SMILES string of the molecule is Cc1cc([N+](=O)[O-])cc(S(=O)O)c1. The van der Waals surface area contributed by atoms with Crippen LogP contribution in [0.2, 0.25) is 0 Å². The molecule has 0 amide bonds. The summed E-state index contributed by atoms with van der Waals surface area (Å²) in [7, 11) is 0. The van der Waals surface area contributed by atoms with Gasteiger partial charge in [0.05, 0.1) is 9.82 Å². The summed E-state index contributed by atoms with van der Waals surface area (Å²) >= 11 is -2.17. The number of hydrogen-bond donors (Lipinski definition) is 1. The number of benzene rings is 1. The molecular formula is C7H7NO4S. The van der Waals surface area contributed by atoms with Crippen LogP contribution in [0.1, 0.15) is 5.56 Å². The Hall–Kier alpha value is -1.27. The Morgan fingerprint density at radius 2 is 2.08 bits per heavy atom. The predicted molar refractivity (Wildman–Crippen MR) is 46.9 cm³/mol. The lowest BCUT2D eigenvalue weighted by molar-refractivity contribution is -0.385. The van der Waals surface area contributed by atoms with Crippen LogP contribution in [0.5, 0.6) is 0 Å². The second-order valence-electron chi connectivity index (χ2n) is 2.51. The van der Waals surface area contributed by atoms with Crippen molar-refractivity contribution in [1.29, 1.82) is 0 Å². The Morgan fingerprint density at radius 3 is 2.54 bits per heavy atom. The maximum atomic E-state index is 10.6. The first-order chi connectivity index (χ1) is 6.00. The van der Waals surface area contributed by atoms with E-state index in [1.54, 1.807) is 6.92 Å². The number of nitrogens with zero attached hydrogens (tertiary/aromatic N) is 1. The Morgan fingerprint density at radius 1 is 1.46 bits per heavy atom. The van der Waals surface area contributed by atoms with Crippen molar-refractivity contribution in [3.63, 3.8) is 0 Å². The number of aryl methyl sites for hydroxylation is 1. The molecule has 1 N–H and O–H groups in total. The summed E-state index contributed by atoms with van der Waals surface area (Å²) < 4.78 is 19.3. The molecule has 6 heteroatoms. The average Bonchev–Trinajstić information content (AvgIpc) is 2.03. The molecule has 0 aromatic heterocycles. The molecule has 0 radical (unpaired) electrons. The number of rotatable bonds is 2. The van der Waals surface area contributed by atoms with Crippen molar-refractivity contribution in [3.8, 4) is 0 Å². The van der Waals surface area contributed by atoms with Crippen LogP contribution >= 0.6 is 0 Å². The van der Waals surface area contributed by atoms with E-state index in [0.29, 0.717) is 5.56 Å². The maximum absolute atomic E-state index is 10.6. The van der Waals surface area contributed by atoms with E-state index in [1.165, 1.54) is 12.1 Å². The fourth-order valence-electron chi connectivity index (χ4n) is 0.935. The van der Waals surface area contributed by atoms with Gasteiger partial charge in [0.25, 0.3) is 5.69 Å². The standard InChI is InChI=1S/C7H7NO4S/c1-5-2-6(8(9)10)4-7(3-5)13(11)12/h2-4H,1H3,(H,11,12). The van der Waals surface area contributed by atoms with E-state index >= 15 is 0 Å². The van der Waals surface area contributed by atoms with Gasteiger partial charge in [-0.1, -0.05) is 0 Å². The molecule has 0 bridgehead atoms. The van der Waals surface area contributed by atoms with E-state index in [1.807, 2.05) is 0 Å². The Bertz CT molecular complexity index is 345. The largest absolute Gasteiger partial charge is 0.302 e. The lowest BCUT2D eigenvalue weighted by Gasteiger charge is -1.97. The van der Waals surface area contributed by atoms with Gasteiger partial charge in [-0.3, -0.25) is 10.1 Å². The van der Waals surface area contributed by atoms with Gasteiger partial charge in [0.15, 0.2) is 11.1 Å². The minimum atomic E-state index is -2.17. The van der Waals surface area contributed by atoms with Crippen LogP contribution in [0.3, 0.4) is 0 Å². The van der Waals surface area contributed by atoms with Gasteiger partial charge in [0.1, 0.15) is 0 Å². The Balaban J connectivity index is 3.26. The van der Waals surface area contributed by atoms with Crippen LogP contribution < -0.4 is 0 Å². The van der Waals surface area contributed by atoms with Crippen molar-refractivity contribution >= 4 is 16.8 Å². The molecule has 0 spiro atoms. The van der Waals surface area contributed by atoms with E-state index in [2.05, 4.69) is 0 Å². The van der Waals surface area contributed by atoms with Crippen molar-refractivity contribution < 1.29 is 13.7 Å². The van der Waals surface area contributed by atoms with Crippen molar-refractivity contribution in [2.24, 2.45) is 0 Å². The minimum absolute atomic E-state index is 0.0479. The molecule has 1 aromatic carbocycles. The highest BCUT2D eigenvalue weighted by atomic mass is 32.2. The Labute approximate surface area is 76.8 Å². The average molecular weight is 201 g/mol. The second-order valence-corrected chi connectivity index (χ2v) is 3.48. The van der Waals surface area contributed by atoms with E-state index in [0.717, 1.165) is 6.07 Å². The number of nitro groups is 1. The first-order valence-corrected chi connectivity index (χ1v) is 4.48. The normalized spacial score (nSPS) is 12.5. The lowest BCUT2D eigenvalue weighted by Crippen LogP contribution is -1.94. The third-order valence-corrected chi connectivity index (χ3v) is 2.09. The van der Waals surface area contributed by atoms with Crippen LogP contribution in [0.15, 0.2) is 23.1 Å². The fraction of sp³-hybridized carbons (Fsp3) is 0.143. The first-order valence-electron chi connectivity index (χ1n) is 3.37. The van der Waals surface area contributed by atoms with Crippen LogP contribution in [0, 0.1) is 17.0 Å². The van der Waals surface area contributed by atoms with Gasteiger partial charge in [-0.05, 0) is 18.6 Å². The summed E-state index contributed by atoms with van der Waals surface area (Å²) in [4.78, 5) is 9.81. The number of nitro benzene ring substituents is 1. The molecule has 5 nitrogen and oxygen atoms in total. The molecule has 70 valence electrons. The molecule has 0 fully saturated rings. The first kappa shape index (κ1) is 9.82. The van der Waals surface area contributed by atoms with E-state index in [-0.39, 0.29) is 10.6 Å². The predicted octanol–water partition coefficient (Wildman–Crippen LogP) is 1.48. The van der Waals surface area contributed by atoms with E-state index in [9.17, 15) is 14.3 Å². The van der Waals surface area contributed by atoms with Crippen molar-refractivity contribution in [2.45, 2.75) is 11.8 Å².